The van der Waals surface area contributed by atoms with Gasteiger partial charge in [-0.2, -0.15) is 0 Å². The Balaban J connectivity index is 1.10. The fourth-order valence-corrected chi connectivity index (χ4v) is 7.49. The van der Waals surface area contributed by atoms with Gasteiger partial charge in [0.2, 0.25) is 17.7 Å². The average molecular weight is 636 g/mol. The molecule has 3 aliphatic carbocycles. The summed E-state index contributed by atoms with van der Waals surface area (Å²) in [6.45, 7) is 1.05. The number of nitrogens with zero attached hydrogens (tertiary/aromatic N) is 2. The number of ether oxygens (including phenoxy) is 1. The predicted octanol–water partition coefficient (Wildman–Crippen LogP) is 3.68. The Kier molecular flexibility index (Phi) is 8.78. The van der Waals surface area contributed by atoms with Gasteiger partial charge in [0.1, 0.15) is 23.5 Å². The highest BCUT2D eigenvalue weighted by atomic mass is 19.1. The van der Waals surface area contributed by atoms with Crippen molar-refractivity contribution in [3.05, 3.63) is 47.3 Å². The summed E-state index contributed by atoms with van der Waals surface area (Å²) < 4.78 is 20.3. The van der Waals surface area contributed by atoms with Crippen molar-refractivity contribution in [3.8, 4) is 0 Å². The Morgan fingerprint density at radius 1 is 1.04 bits per heavy atom. The number of carbonyl (C=O) groups excluding carboxylic acids is 4. The number of hydrogen-bond acceptors (Lipinski definition) is 6. The van der Waals surface area contributed by atoms with Crippen molar-refractivity contribution < 1.29 is 28.3 Å². The SMILES string of the molecule is O=C1N[C@]2(C(=O)NCC3CC3)C[C@H]2/C=C\CCCCC[C@H](NC2CCC2)C(=O)N2C[C@H](OC(=O)N3Cc4cccc(F)c4C3)C[C@@H]12. The number of halogens is 1. The molecule has 4 fully saturated rings. The highest BCUT2D eigenvalue weighted by Gasteiger charge is 2.61. The van der Waals surface area contributed by atoms with E-state index in [4.69, 9.17) is 4.74 Å². The third kappa shape index (κ3) is 6.52. The van der Waals surface area contributed by atoms with Crippen LogP contribution in [0.1, 0.15) is 88.2 Å². The van der Waals surface area contributed by atoms with Crippen molar-refractivity contribution >= 4 is 23.8 Å². The van der Waals surface area contributed by atoms with Crippen LogP contribution >= 0.6 is 0 Å². The highest BCUT2D eigenvalue weighted by molar-refractivity contribution is 5.98. The first-order valence-electron chi connectivity index (χ1n) is 17.4. The van der Waals surface area contributed by atoms with E-state index in [1.165, 1.54) is 11.0 Å². The second-order valence-electron chi connectivity index (χ2n) is 14.3. The van der Waals surface area contributed by atoms with Gasteiger partial charge in [-0.3, -0.25) is 19.3 Å². The van der Waals surface area contributed by atoms with Crippen LogP contribution < -0.4 is 16.0 Å². The third-order valence-corrected chi connectivity index (χ3v) is 10.9. The molecule has 6 aliphatic rings. The van der Waals surface area contributed by atoms with Gasteiger partial charge in [-0.1, -0.05) is 43.5 Å². The summed E-state index contributed by atoms with van der Waals surface area (Å²) in [5, 5.41) is 9.72. The number of nitrogens with one attached hydrogen (secondary N) is 3. The Morgan fingerprint density at radius 3 is 2.65 bits per heavy atom. The van der Waals surface area contributed by atoms with E-state index in [-0.39, 0.29) is 55.6 Å². The summed E-state index contributed by atoms with van der Waals surface area (Å²) in [6, 6.07) is 3.78. The molecule has 0 bridgehead atoms. The lowest BCUT2D eigenvalue weighted by Gasteiger charge is -2.34. The van der Waals surface area contributed by atoms with Gasteiger partial charge in [-0.25, -0.2) is 9.18 Å². The van der Waals surface area contributed by atoms with Gasteiger partial charge in [-0.15, -0.1) is 0 Å². The van der Waals surface area contributed by atoms with E-state index in [0.717, 1.165) is 63.4 Å². The van der Waals surface area contributed by atoms with Crippen LogP contribution in [0.5, 0.6) is 0 Å². The van der Waals surface area contributed by atoms with Gasteiger partial charge in [0.15, 0.2) is 0 Å². The molecule has 10 nitrogen and oxygen atoms in total. The first kappa shape index (κ1) is 31.1. The molecule has 11 heteroatoms. The van der Waals surface area contributed by atoms with Gasteiger partial charge in [0.05, 0.1) is 19.1 Å². The van der Waals surface area contributed by atoms with Crippen LogP contribution in [0.4, 0.5) is 9.18 Å². The number of benzene rings is 1. The molecular formula is C35H46FN5O5. The van der Waals surface area contributed by atoms with Crippen LogP contribution in [0.25, 0.3) is 0 Å². The maximum atomic E-state index is 14.4. The van der Waals surface area contributed by atoms with E-state index in [1.54, 1.807) is 17.0 Å². The van der Waals surface area contributed by atoms with Crippen LogP contribution in [0.15, 0.2) is 30.4 Å². The maximum Gasteiger partial charge on any atom is 0.410 e. The molecule has 5 atom stereocenters. The molecule has 3 aliphatic heterocycles. The average Bonchev–Trinajstić information content (AvgIpc) is 3.87. The lowest BCUT2D eigenvalue weighted by atomic mass is 9.91. The molecule has 1 aromatic rings. The summed E-state index contributed by atoms with van der Waals surface area (Å²) in [6.07, 6.45) is 13.4. The second kappa shape index (κ2) is 13.0. The minimum atomic E-state index is -1.04. The molecule has 0 radical (unpaired) electrons. The molecule has 3 N–H and O–H groups in total. The Bertz CT molecular complexity index is 1400. The van der Waals surface area contributed by atoms with Crippen molar-refractivity contribution in [2.45, 2.75) is 120 Å². The second-order valence-corrected chi connectivity index (χ2v) is 14.3. The molecule has 0 spiro atoms. The van der Waals surface area contributed by atoms with Crippen molar-refractivity contribution in [3.63, 3.8) is 0 Å². The van der Waals surface area contributed by atoms with Gasteiger partial charge in [-0.05, 0) is 68.9 Å². The van der Waals surface area contributed by atoms with Crippen LogP contribution in [0.2, 0.25) is 0 Å². The van der Waals surface area contributed by atoms with Crippen LogP contribution in [-0.4, -0.2) is 76.5 Å². The monoisotopic (exact) mass is 635 g/mol. The van der Waals surface area contributed by atoms with E-state index in [1.807, 2.05) is 0 Å². The van der Waals surface area contributed by atoms with E-state index in [9.17, 15) is 23.6 Å². The minimum Gasteiger partial charge on any atom is -0.444 e. The summed E-state index contributed by atoms with van der Waals surface area (Å²) in [4.78, 5) is 58.2. The van der Waals surface area contributed by atoms with Gasteiger partial charge >= 0.3 is 6.09 Å². The summed E-state index contributed by atoms with van der Waals surface area (Å²) in [7, 11) is 0. The van der Waals surface area contributed by atoms with Crippen molar-refractivity contribution in [2.75, 3.05) is 13.1 Å². The molecule has 1 saturated heterocycles. The molecule has 46 heavy (non-hydrogen) atoms. The van der Waals surface area contributed by atoms with E-state index >= 15 is 0 Å². The summed E-state index contributed by atoms with van der Waals surface area (Å²) in [5.41, 5.74) is 0.186. The molecule has 1 aromatic carbocycles. The summed E-state index contributed by atoms with van der Waals surface area (Å²) >= 11 is 0. The molecule has 3 saturated carbocycles. The van der Waals surface area contributed by atoms with Crippen molar-refractivity contribution in [2.24, 2.45) is 11.8 Å². The Morgan fingerprint density at radius 2 is 1.89 bits per heavy atom. The first-order chi connectivity index (χ1) is 22.3. The van der Waals surface area contributed by atoms with E-state index in [0.29, 0.717) is 30.9 Å². The number of hydrogen-bond donors (Lipinski definition) is 3. The highest BCUT2D eigenvalue weighted by Crippen LogP contribution is 2.46. The smallest absolute Gasteiger partial charge is 0.410 e. The predicted molar refractivity (Wildman–Crippen MR) is 168 cm³/mol. The summed E-state index contributed by atoms with van der Waals surface area (Å²) in [5.74, 6) is -0.674. The lowest BCUT2D eigenvalue weighted by Crippen LogP contribution is -2.58. The van der Waals surface area contributed by atoms with Gasteiger partial charge in [0.25, 0.3) is 0 Å². The quantitative estimate of drug-likeness (QED) is 0.411. The lowest BCUT2D eigenvalue weighted by molar-refractivity contribution is -0.141. The molecule has 4 amide bonds. The van der Waals surface area contributed by atoms with E-state index in [2.05, 4.69) is 28.1 Å². The van der Waals surface area contributed by atoms with Crippen LogP contribution in [-0.2, 0) is 32.2 Å². The largest absolute Gasteiger partial charge is 0.444 e. The van der Waals surface area contributed by atoms with Crippen molar-refractivity contribution in [1.29, 1.82) is 0 Å². The number of rotatable bonds is 6. The van der Waals surface area contributed by atoms with Gasteiger partial charge < -0.3 is 25.6 Å². The molecule has 0 unspecified atom stereocenters. The van der Waals surface area contributed by atoms with Crippen LogP contribution in [0, 0.1) is 17.7 Å². The van der Waals surface area contributed by atoms with Crippen LogP contribution in [0.3, 0.4) is 0 Å². The Labute approximate surface area is 269 Å². The molecular weight excluding hydrogens is 589 g/mol. The number of amides is 4. The fourth-order valence-electron chi connectivity index (χ4n) is 7.49. The third-order valence-electron chi connectivity index (χ3n) is 10.9. The molecule has 248 valence electrons. The molecule has 0 aromatic heterocycles. The first-order valence-corrected chi connectivity index (χ1v) is 17.4. The molecule has 7 rings (SSSR count). The zero-order chi connectivity index (χ0) is 31.8. The van der Waals surface area contributed by atoms with E-state index < -0.39 is 35.7 Å². The number of allylic oxidation sites excluding steroid dienone is 1. The zero-order valence-electron chi connectivity index (χ0n) is 26.5. The molecule has 3 heterocycles. The minimum absolute atomic E-state index is 0.0882. The normalized spacial score (nSPS) is 32.2. The van der Waals surface area contributed by atoms with Gasteiger partial charge in [0, 0.05) is 37.0 Å². The van der Waals surface area contributed by atoms with Crippen molar-refractivity contribution in [1.82, 2.24) is 25.8 Å². The Hall–Kier alpha value is -3.47. The standard InChI is InChI=1S/C35H46FN5O5/c36-28-12-6-8-23-19-40(21-27(23)28)34(45)46-26-16-30-31(42)39-35(33(44)37-18-22-14-15-22)17-24(35)9-4-2-1-3-5-13-29(32(43)41(30)20-26)38-25-10-7-11-25/h4,6,8-9,12,22,24-26,29-30,38H,1-3,5,7,10-11,13-21H2,(H,37,44)(H,39,42)/b9-4-/t24-,26-,29+,30+,35-/m1/s1. The maximum absolute atomic E-state index is 14.4. The zero-order valence-corrected chi connectivity index (χ0v) is 26.5. The topological polar surface area (TPSA) is 120 Å². The number of carbonyl (C=O) groups is 4. The fraction of sp³-hybridized carbons (Fsp3) is 0.657. The number of fused-ring (bicyclic) bond motifs is 3.